The Morgan fingerprint density at radius 3 is 2.81 bits per heavy atom. The van der Waals surface area contributed by atoms with Crippen molar-refractivity contribution in [2.45, 2.75) is 17.9 Å². The van der Waals surface area contributed by atoms with Gasteiger partial charge in [0.15, 0.2) is 0 Å². The Bertz CT molecular complexity index is 376. The molecule has 0 bridgehead atoms. The van der Waals surface area contributed by atoms with Crippen molar-refractivity contribution in [1.82, 2.24) is 4.98 Å². The second-order valence-corrected chi connectivity index (χ2v) is 4.07. The lowest BCUT2D eigenvalue weighted by Crippen LogP contribution is -2.59. The van der Waals surface area contributed by atoms with E-state index in [9.17, 15) is 4.79 Å². The summed E-state index contributed by atoms with van der Waals surface area (Å²) in [5.74, 6) is -0.894. The molecular weight excluding hydrogens is 208 g/mol. The van der Waals surface area contributed by atoms with Gasteiger partial charge in [0.05, 0.1) is 30.7 Å². The molecule has 0 radical (unpaired) electrons. The molecule has 86 valence electrons. The molecule has 2 rings (SSSR count). The fraction of sp³-hybridized carbons (Fsp3) is 0.455. The van der Waals surface area contributed by atoms with E-state index in [0.29, 0.717) is 13.2 Å². The summed E-state index contributed by atoms with van der Waals surface area (Å²) in [5.41, 5.74) is 6.33. The third kappa shape index (κ3) is 1.79. The molecule has 1 saturated heterocycles. The first-order chi connectivity index (χ1) is 7.65. The number of carboxylic acids is 1. The molecule has 0 saturated carbocycles. The minimum Gasteiger partial charge on any atom is -0.481 e. The number of carboxylic acid groups (broad SMARTS) is 1. The van der Waals surface area contributed by atoms with E-state index in [1.54, 1.807) is 6.20 Å². The van der Waals surface area contributed by atoms with Gasteiger partial charge in [0.25, 0.3) is 0 Å². The zero-order valence-electron chi connectivity index (χ0n) is 8.80. The van der Waals surface area contributed by atoms with Gasteiger partial charge in [0.2, 0.25) is 0 Å². The molecule has 0 aliphatic carbocycles. The first-order valence-electron chi connectivity index (χ1n) is 5.12. The number of nitrogens with zero attached hydrogens (tertiary/aromatic N) is 1. The first-order valence-corrected chi connectivity index (χ1v) is 5.12. The summed E-state index contributed by atoms with van der Waals surface area (Å²) in [6, 6.07) is 5.09. The van der Waals surface area contributed by atoms with Crippen LogP contribution in [-0.2, 0) is 14.9 Å². The molecule has 2 heterocycles. The molecule has 1 aromatic heterocycles. The lowest BCUT2D eigenvalue weighted by Gasteiger charge is -2.44. The lowest BCUT2D eigenvalue weighted by atomic mass is 9.74. The highest BCUT2D eigenvalue weighted by Crippen LogP contribution is 2.34. The Hall–Kier alpha value is -1.46. The van der Waals surface area contributed by atoms with Crippen molar-refractivity contribution in [2.24, 2.45) is 5.73 Å². The second-order valence-electron chi connectivity index (χ2n) is 4.07. The third-order valence-electron chi connectivity index (χ3n) is 3.00. The number of aliphatic carboxylic acids is 1. The molecular formula is C11H14N2O3. The van der Waals surface area contributed by atoms with Crippen molar-refractivity contribution < 1.29 is 14.6 Å². The molecule has 3 N–H and O–H groups in total. The van der Waals surface area contributed by atoms with Crippen LogP contribution in [0.5, 0.6) is 0 Å². The lowest BCUT2D eigenvalue weighted by molar-refractivity contribution is -0.140. The van der Waals surface area contributed by atoms with Gasteiger partial charge in [-0.15, -0.1) is 0 Å². The molecule has 1 aliphatic heterocycles. The van der Waals surface area contributed by atoms with Gasteiger partial charge in [-0.25, -0.2) is 0 Å². The quantitative estimate of drug-likeness (QED) is 0.757. The average molecular weight is 222 g/mol. The molecule has 5 nitrogen and oxygen atoms in total. The van der Waals surface area contributed by atoms with Crippen LogP contribution < -0.4 is 5.73 Å². The largest absolute Gasteiger partial charge is 0.481 e. The Morgan fingerprint density at radius 1 is 1.62 bits per heavy atom. The maximum Gasteiger partial charge on any atom is 0.304 e. The molecule has 1 aromatic rings. The number of rotatable bonds is 4. The summed E-state index contributed by atoms with van der Waals surface area (Å²) < 4.78 is 5.18. The van der Waals surface area contributed by atoms with Gasteiger partial charge in [0, 0.05) is 12.2 Å². The van der Waals surface area contributed by atoms with E-state index >= 15 is 0 Å². The minimum atomic E-state index is -0.894. The maximum absolute atomic E-state index is 10.7. The van der Waals surface area contributed by atoms with E-state index in [0.717, 1.165) is 5.69 Å². The predicted octanol–water partition coefficient (Wildman–Crippen LogP) is 0.152. The highest BCUT2D eigenvalue weighted by molar-refractivity contribution is 5.68. The van der Waals surface area contributed by atoms with Crippen molar-refractivity contribution in [2.75, 3.05) is 13.2 Å². The van der Waals surface area contributed by atoms with E-state index in [-0.39, 0.29) is 6.42 Å². The first kappa shape index (κ1) is 11.0. The van der Waals surface area contributed by atoms with Crippen LogP contribution in [0.25, 0.3) is 0 Å². The van der Waals surface area contributed by atoms with Crippen LogP contribution in [0.3, 0.4) is 0 Å². The minimum absolute atomic E-state index is 0.0695. The van der Waals surface area contributed by atoms with E-state index in [4.69, 9.17) is 15.6 Å². The van der Waals surface area contributed by atoms with Crippen LogP contribution in [0.15, 0.2) is 24.4 Å². The second kappa shape index (κ2) is 4.19. The normalized spacial score (nSPS) is 19.8. The summed E-state index contributed by atoms with van der Waals surface area (Å²) in [6.07, 6.45) is 1.61. The SMILES string of the molecule is NC(CC(=O)O)C1(c2ccccn2)COC1. The van der Waals surface area contributed by atoms with E-state index in [2.05, 4.69) is 4.98 Å². The monoisotopic (exact) mass is 222 g/mol. The maximum atomic E-state index is 10.7. The molecule has 1 aliphatic rings. The molecule has 0 amide bonds. The Labute approximate surface area is 93.2 Å². The molecule has 16 heavy (non-hydrogen) atoms. The van der Waals surface area contributed by atoms with Crippen molar-refractivity contribution in [3.05, 3.63) is 30.1 Å². The summed E-state index contributed by atoms with van der Waals surface area (Å²) >= 11 is 0. The van der Waals surface area contributed by atoms with E-state index in [1.165, 1.54) is 0 Å². The van der Waals surface area contributed by atoms with Gasteiger partial charge in [-0.05, 0) is 12.1 Å². The number of hydrogen-bond acceptors (Lipinski definition) is 4. The fourth-order valence-electron chi connectivity index (χ4n) is 1.91. The van der Waals surface area contributed by atoms with Gasteiger partial charge in [-0.2, -0.15) is 0 Å². The van der Waals surface area contributed by atoms with Crippen LogP contribution in [-0.4, -0.2) is 35.3 Å². The highest BCUT2D eigenvalue weighted by Gasteiger charge is 2.47. The molecule has 1 unspecified atom stereocenters. The Kier molecular flexibility index (Phi) is 2.89. The summed E-state index contributed by atoms with van der Waals surface area (Å²) in [4.78, 5) is 14.9. The Balaban J connectivity index is 2.23. The molecule has 5 heteroatoms. The summed E-state index contributed by atoms with van der Waals surface area (Å²) in [6.45, 7) is 0.886. The van der Waals surface area contributed by atoms with Gasteiger partial charge in [-0.1, -0.05) is 6.07 Å². The van der Waals surface area contributed by atoms with Gasteiger partial charge >= 0.3 is 5.97 Å². The standard InChI is InChI=1S/C11H14N2O3/c12-8(5-10(14)15)11(6-16-7-11)9-3-1-2-4-13-9/h1-4,8H,5-7,12H2,(H,14,15). The van der Waals surface area contributed by atoms with Crippen molar-refractivity contribution in [3.63, 3.8) is 0 Å². The van der Waals surface area contributed by atoms with Crippen molar-refractivity contribution in [3.8, 4) is 0 Å². The number of hydrogen-bond donors (Lipinski definition) is 2. The average Bonchev–Trinajstić information content (AvgIpc) is 2.16. The zero-order chi connectivity index (χ0) is 11.6. The molecule has 0 aromatic carbocycles. The number of aromatic nitrogens is 1. The number of carbonyl (C=O) groups is 1. The van der Waals surface area contributed by atoms with E-state index in [1.807, 2.05) is 18.2 Å². The van der Waals surface area contributed by atoms with Crippen molar-refractivity contribution in [1.29, 1.82) is 0 Å². The zero-order valence-corrected chi connectivity index (χ0v) is 8.80. The van der Waals surface area contributed by atoms with Gasteiger partial charge in [-0.3, -0.25) is 9.78 Å². The van der Waals surface area contributed by atoms with Crippen LogP contribution >= 0.6 is 0 Å². The topological polar surface area (TPSA) is 85.4 Å². The van der Waals surface area contributed by atoms with Crippen LogP contribution in [0, 0.1) is 0 Å². The summed E-state index contributed by atoms with van der Waals surface area (Å²) in [7, 11) is 0. The summed E-state index contributed by atoms with van der Waals surface area (Å²) in [5, 5.41) is 8.77. The van der Waals surface area contributed by atoms with Crippen LogP contribution in [0.4, 0.5) is 0 Å². The van der Waals surface area contributed by atoms with Crippen LogP contribution in [0.2, 0.25) is 0 Å². The number of ether oxygens (including phenoxy) is 1. The Morgan fingerprint density at radius 2 is 2.38 bits per heavy atom. The van der Waals surface area contributed by atoms with Gasteiger partial charge in [0.1, 0.15) is 0 Å². The predicted molar refractivity (Wildman–Crippen MR) is 57.0 cm³/mol. The number of nitrogens with two attached hydrogens (primary N) is 1. The van der Waals surface area contributed by atoms with Crippen LogP contribution in [0.1, 0.15) is 12.1 Å². The molecule has 0 spiro atoms. The molecule has 1 fully saturated rings. The van der Waals surface area contributed by atoms with Crippen molar-refractivity contribution >= 4 is 5.97 Å². The number of pyridine rings is 1. The van der Waals surface area contributed by atoms with Gasteiger partial charge < -0.3 is 15.6 Å². The smallest absolute Gasteiger partial charge is 0.304 e. The van der Waals surface area contributed by atoms with E-state index < -0.39 is 17.4 Å². The third-order valence-corrected chi connectivity index (χ3v) is 3.00. The highest BCUT2D eigenvalue weighted by atomic mass is 16.5. The fourth-order valence-corrected chi connectivity index (χ4v) is 1.91. The molecule has 1 atom stereocenters.